The van der Waals surface area contributed by atoms with E-state index < -0.39 is 41.6 Å². The lowest BCUT2D eigenvalue weighted by molar-refractivity contribution is -0.144. The lowest BCUT2D eigenvalue weighted by Crippen LogP contribution is -2.55. The van der Waals surface area contributed by atoms with Crippen molar-refractivity contribution in [3.63, 3.8) is 0 Å². The summed E-state index contributed by atoms with van der Waals surface area (Å²) in [6.45, 7) is 9.71. The van der Waals surface area contributed by atoms with Crippen molar-refractivity contribution in [2.24, 2.45) is 5.92 Å². The Morgan fingerprint density at radius 2 is 1.94 bits per heavy atom. The number of aromatic nitrogens is 2. The minimum absolute atomic E-state index is 0.0215. The van der Waals surface area contributed by atoms with Crippen LogP contribution >= 0.6 is 11.3 Å². The molecule has 2 fully saturated rings. The number of rotatable bonds is 13. The largest absolute Gasteiger partial charge is 0.496 e. The number of amides is 3. The predicted molar refractivity (Wildman–Crippen MR) is 182 cm³/mol. The number of urea groups is 1. The minimum atomic E-state index is -4.63. The maximum absolute atomic E-state index is 13.9. The molecule has 1 aliphatic heterocycles. The van der Waals surface area contributed by atoms with Crippen molar-refractivity contribution < 1.29 is 41.8 Å². The highest BCUT2D eigenvalue weighted by Crippen LogP contribution is 2.46. The van der Waals surface area contributed by atoms with E-state index in [0.29, 0.717) is 35.2 Å². The number of aryl methyl sites for hydroxylation is 1. The lowest BCUT2D eigenvalue weighted by Gasteiger charge is -2.29. The Morgan fingerprint density at radius 3 is 2.56 bits per heavy atom. The number of unbranched alkanes of at least 4 members (excludes halogenated alkanes) is 2. The molecule has 3 aromatic rings. The number of likely N-dealkylation sites (tertiary alicyclic amines) is 1. The van der Waals surface area contributed by atoms with Gasteiger partial charge in [-0.2, -0.15) is 13.2 Å². The number of likely N-dealkylation sites (N-methyl/N-ethyl adjacent to an activating group) is 1. The number of methoxy groups -OCH3 is 2. The number of thiazole rings is 1. The molecule has 1 N–H and O–H groups in total. The van der Waals surface area contributed by atoms with Crippen LogP contribution in [0.25, 0.3) is 21.6 Å². The van der Waals surface area contributed by atoms with Crippen LogP contribution in [0.15, 0.2) is 48.9 Å². The molecule has 3 amide bonds. The summed E-state index contributed by atoms with van der Waals surface area (Å²) in [5.41, 5.74) is -1.09. The summed E-state index contributed by atoms with van der Waals surface area (Å²) in [5.74, 6) is -0.429. The summed E-state index contributed by atoms with van der Waals surface area (Å²) in [4.78, 5) is 51.8. The van der Waals surface area contributed by atoms with Crippen molar-refractivity contribution in [2.75, 3.05) is 34.4 Å². The van der Waals surface area contributed by atoms with Crippen molar-refractivity contribution in [1.29, 1.82) is 0 Å². The molecule has 2 unspecified atom stereocenters. The number of alkyl halides is 3. The number of pyridine rings is 1. The van der Waals surface area contributed by atoms with E-state index in [-0.39, 0.29) is 41.2 Å². The van der Waals surface area contributed by atoms with E-state index in [9.17, 15) is 27.6 Å². The van der Waals surface area contributed by atoms with Crippen LogP contribution in [0.3, 0.4) is 0 Å². The third kappa shape index (κ3) is 7.28. The highest BCUT2D eigenvalue weighted by Gasteiger charge is 2.62. The topological polar surface area (TPSA) is 123 Å². The number of hydrogen-bond donors (Lipinski definition) is 1. The number of halogens is 3. The fourth-order valence-electron chi connectivity index (χ4n) is 6.30. The number of ether oxygens (including phenoxy) is 3. The summed E-state index contributed by atoms with van der Waals surface area (Å²) in [6.07, 6.45) is 0.867. The van der Waals surface area contributed by atoms with Crippen LogP contribution in [0.1, 0.15) is 43.4 Å². The monoisotopic (exact) mass is 715 g/mol. The number of carbonyl (C=O) groups is 3. The van der Waals surface area contributed by atoms with Gasteiger partial charge in [-0.3, -0.25) is 4.79 Å². The number of nitrogens with zero attached hydrogens (tertiary/aromatic N) is 4. The van der Waals surface area contributed by atoms with Gasteiger partial charge in [-0.1, -0.05) is 12.2 Å². The Balaban J connectivity index is 1.49. The lowest BCUT2D eigenvalue weighted by atomic mass is 10.1. The molecule has 0 spiro atoms. The van der Waals surface area contributed by atoms with Crippen molar-refractivity contribution in [3.8, 4) is 22.2 Å². The molecule has 2 aromatic heterocycles. The number of fused-ring (bicyclic) bond motifs is 1. The second-order valence-corrected chi connectivity index (χ2v) is 13.3. The maximum Gasteiger partial charge on any atom is 0.434 e. The molecule has 1 aliphatic carbocycles. The molecular formula is C35H40F3N5O6S. The first-order valence-corrected chi connectivity index (χ1v) is 17.0. The summed E-state index contributed by atoms with van der Waals surface area (Å²) in [7, 11) is 4.41. The Labute approximate surface area is 292 Å². The van der Waals surface area contributed by atoms with Crippen LogP contribution < -0.4 is 14.8 Å². The van der Waals surface area contributed by atoms with Crippen molar-refractivity contribution in [1.82, 2.24) is 25.1 Å². The number of allylic oxidation sites excluding steroid dienone is 1. The van der Waals surface area contributed by atoms with Gasteiger partial charge in [0.15, 0.2) is 5.69 Å². The van der Waals surface area contributed by atoms with Crippen molar-refractivity contribution in [3.05, 3.63) is 60.1 Å². The highest BCUT2D eigenvalue weighted by atomic mass is 32.1. The van der Waals surface area contributed by atoms with E-state index in [1.165, 1.54) is 25.2 Å². The van der Waals surface area contributed by atoms with Crippen LogP contribution in [0, 0.1) is 12.8 Å². The second-order valence-electron chi connectivity index (χ2n) is 12.5. The summed E-state index contributed by atoms with van der Waals surface area (Å²) < 4.78 is 57.3. The molecule has 1 saturated heterocycles. The van der Waals surface area contributed by atoms with Gasteiger partial charge in [0.2, 0.25) is 5.91 Å². The second kappa shape index (κ2) is 14.7. The predicted octanol–water partition coefficient (Wildman–Crippen LogP) is 6.16. The van der Waals surface area contributed by atoms with Gasteiger partial charge in [0.05, 0.1) is 26.3 Å². The van der Waals surface area contributed by atoms with E-state index in [4.69, 9.17) is 14.2 Å². The van der Waals surface area contributed by atoms with Gasteiger partial charge >= 0.3 is 18.2 Å². The van der Waals surface area contributed by atoms with Gasteiger partial charge in [-0.05, 0) is 44.7 Å². The fourth-order valence-corrected chi connectivity index (χ4v) is 7.08. The number of esters is 1. The molecule has 0 radical (unpaired) electrons. The molecular weight excluding hydrogens is 675 g/mol. The standard InChI is InChI=1S/C35H40F3N5O6S/c1-7-9-10-11-14-42(4)31(44)25-15-22(18-43(25)33(46)41-34(32(45)48-6)17-21(34)8-2)49-27-16-24(30-40-28(19-50-30)35(36,37)38)39-29-20(3)26(47-5)13-12-23(27)29/h7-8,12-13,16,19,21-22,25H,1-2,9-11,14-15,17-18H2,3-6H3,(H,41,46)/t21?,22-,25-,34?/m0/s1. The number of benzene rings is 1. The summed E-state index contributed by atoms with van der Waals surface area (Å²) >= 11 is 0.802. The van der Waals surface area contributed by atoms with Crippen molar-refractivity contribution >= 4 is 40.1 Å². The molecule has 15 heteroatoms. The Bertz CT molecular complexity index is 1800. The van der Waals surface area contributed by atoms with E-state index in [1.54, 1.807) is 37.1 Å². The zero-order valence-corrected chi connectivity index (χ0v) is 29.2. The van der Waals surface area contributed by atoms with Gasteiger partial charge in [-0.15, -0.1) is 24.5 Å². The molecule has 11 nitrogen and oxygen atoms in total. The molecule has 3 heterocycles. The Morgan fingerprint density at radius 1 is 1.18 bits per heavy atom. The molecule has 0 bridgehead atoms. The van der Waals surface area contributed by atoms with Gasteiger partial charge in [0.1, 0.15) is 39.9 Å². The molecule has 1 saturated carbocycles. The Hall–Kier alpha value is -4.66. The van der Waals surface area contributed by atoms with Crippen LogP contribution in [0.4, 0.5) is 18.0 Å². The van der Waals surface area contributed by atoms with E-state index in [0.717, 1.165) is 36.0 Å². The number of carbonyl (C=O) groups excluding carboxylic acids is 3. The van der Waals surface area contributed by atoms with Crippen LogP contribution in [-0.2, 0) is 20.5 Å². The molecule has 50 heavy (non-hydrogen) atoms. The molecule has 2 aliphatic rings. The van der Waals surface area contributed by atoms with Crippen LogP contribution in [0.2, 0.25) is 0 Å². The van der Waals surface area contributed by atoms with E-state index in [2.05, 4.69) is 28.4 Å². The molecule has 268 valence electrons. The number of hydrogen-bond acceptors (Lipinski definition) is 9. The molecule has 1 aromatic carbocycles. The maximum atomic E-state index is 13.9. The third-order valence-electron chi connectivity index (χ3n) is 9.19. The quantitative estimate of drug-likeness (QED) is 0.127. The highest BCUT2D eigenvalue weighted by molar-refractivity contribution is 7.13. The Kier molecular flexibility index (Phi) is 10.7. The van der Waals surface area contributed by atoms with Gasteiger partial charge < -0.3 is 29.3 Å². The first-order chi connectivity index (χ1) is 23.8. The van der Waals surface area contributed by atoms with Gasteiger partial charge in [-0.25, -0.2) is 19.6 Å². The normalized spacial score (nSPS) is 21.4. The summed E-state index contributed by atoms with van der Waals surface area (Å²) in [5, 5.41) is 4.33. The first-order valence-electron chi connectivity index (χ1n) is 16.1. The third-order valence-corrected chi connectivity index (χ3v) is 10.1. The average molecular weight is 716 g/mol. The SMILES string of the molecule is C=CCCCCN(C)C(=O)[C@@H]1C[C@H](Oc2cc(-c3nc(C(F)(F)F)cs3)nc3c(C)c(OC)ccc23)CN1C(=O)NC1(C(=O)OC)CC1C=C. The van der Waals surface area contributed by atoms with Crippen molar-refractivity contribution in [2.45, 2.75) is 62.9 Å². The summed E-state index contributed by atoms with van der Waals surface area (Å²) in [6, 6.07) is 3.42. The minimum Gasteiger partial charge on any atom is -0.496 e. The average Bonchev–Trinajstić information content (AvgIpc) is 3.38. The molecule has 4 atom stereocenters. The fraction of sp³-hybridized carbons (Fsp3) is 0.457. The molecule has 5 rings (SSSR count). The van der Waals surface area contributed by atoms with E-state index in [1.807, 2.05) is 6.08 Å². The zero-order valence-electron chi connectivity index (χ0n) is 28.3. The van der Waals surface area contributed by atoms with Gasteiger partial charge in [0.25, 0.3) is 0 Å². The smallest absolute Gasteiger partial charge is 0.434 e. The van der Waals surface area contributed by atoms with Crippen LogP contribution in [0.5, 0.6) is 11.5 Å². The first kappa shape index (κ1) is 36.6. The van der Waals surface area contributed by atoms with E-state index >= 15 is 0 Å². The number of nitrogens with one attached hydrogen (secondary N) is 1. The van der Waals surface area contributed by atoms with Crippen LogP contribution in [-0.4, -0.2) is 89.7 Å². The van der Waals surface area contributed by atoms with Gasteiger partial charge in [0, 0.05) is 48.3 Å². The zero-order chi connectivity index (χ0) is 36.4.